The quantitative estimate of drug-likeness (QED) is 0.864. The average Bonchev–Trinajstić information content (AvgIpc) is 2.56. The minimum Gasteiger partial charge on any atom is -0.388 e. The van der Waals surface area contributed by atoms with Crippen LogP contribution in [-0.4, -0.2) is 34.6 Å². The van der Waals surface area contributed by atoms with Gasteiger partial charge in [-0.05, 0) is 31.5 Å². The fraction of sp³-hybridized carbons (Fsp3) is 0.417. The summed E-state index contributed by atoms with van der Waals surface area (Å²) in [5, 5.41) is 9.79. The Bertz CT molecular complexity index is 442. The number of amides is 1. The van der Waals surface area contributed by atoms with Crippen LogP contribution in [0.5, 0.6) is 0 Å². The Hall–Kier alpha value is -0.940. The van der Waals surface area contributed by atoms with Gasteiger partial charge in [-0.2, -0.15) is 0 Å². The standard InChI is InChI=1S/C12H13BrFNO2/c1-12(17)2-3-15(7-12)11(16)8-4-9(13)6-10(14)5-8/h4-6,17H,2-3,7H2,1H3. The molecule has 1 aliphatic rings. The van der Waals surface area contributed by atoms with Crippen LogP contribution in [-0.2, 0) is 0 Å². The molecule has 0 saturated carbocycles. The number of β-amino-alcohol motifs (C(OH)–C–C–N with tert-alkyl or cyclic N) is 1. The van der Waals surface area contributed by atoms with Crippen molar-refractivity contribution in [3.8, 4) is 0 Å². The molecular formula is C12H13BrFNO2. The normalized spacial score (nSPS) is 24.1. The van der Waals surface area contributed by atoms with Gasteiger partial charge in [0, 0.05) is 23.1 Å². The van der Waals surface area contributed by atoms with E-state index in [-0.39, 0.29) is 5.91 Å². The van der Waals surface area contributed by atoms with E-state index < -0.39 is 11.4 Å². The highest BCUT2D eigenvalue weighted by Gasteiger charge is 2.34. The van der Waals surface area contributed by atoms with E-state index in [2.05, 4.69) is 15.9 Å². The molecule has 1 heterocycles. The Labute approximate surface area is 107 Å². The van der Waals surface area contributed by atoms with Crippen molar-refractivity contribution < 1.29 is 14.3 Å². The van der Waals surface area contributed by atoms with Gasteiger partial charge in [-0.1, -0.05) is 15.9 Å². The zero-order valence-corrected chi connectivity index (χ0v) is 11.0. The summed E-state index contributed by atoms with van der Waals surface area (Å²) in [7, 11) is 0. The minimum absolute atomic E-state index is 0.247. The second-order valence-electron chi connectivity index (χ2n) is 4.63. The maximum atomic E-state index is 13.2. The summed E-state index contributed by atoms with van der Waals surface area (Å²) >= 11 is 3.15. The summed E-state index contributed by atoms with van der Waals surface area (Å²) in [5.41, 5.74) is -0.533. The van der Waals surface area contributed by atoms with E-state index in [0.717, 1.165) is 0 Å². The summed E-state index contributed by atoms with van der Waals surface area (Å²) in [6.45, 7) is 2.49. The lowest BCUT2D eigenvalue weighted by molar-refractivity contribution is 0.0572. The van der Waals surface area contributed by atoms with Crippen LogP contribution in [0.15, 0.2) is 22.7 Å². The summed E-state index contributed by atoms with van der Waals surface area (Å²) in [5.74, 6) is -0.698. The van der Waals surface area contributed by atoms with E-state index in [4.69, 9.17) is 0 Å². The zero-order chi connectivity index (χ0) is 12.6. The number of benzene rings is 1. The number of rotatable bonds is 1. The second kappa shape index (κ2) is 4.38. The van der Waals surface area contributed by atoms with E-state index in [1.807, 2.05) is 0 Å². The van der Waals surface area contributed by atoms with Crippen molar-refractivity contribution in [1.29, 1.82) is 0 Å². The molecule has 17 heavy (non-hydrogen) atoms. The van der Waals surface area contributed by atoms with Gasteiger partial charge in [0.05, 0.1) is 5.60 Å². The van der Waals surface area contributed by atoms with Gasteiger partial charge in [0.1, 0.15) is 5.82 Å². The fourth-order valence-electron chi connectivity index (χ4n) is 1.98. The predicted octanol–water partition coefficient (Wildman–Crippen LogP) is 2.19. The van der Waals surface area contributed by atoms with Crippen LogP contribution in [0.2, 0.25) is 0 Å². The van der Waals surface area contributed by atoms with Gasteiger partial charge in [-0.25, -0.2) is 4.39 Å². The lowest BCUT2D eigenvalue weighted by Gasteiger charge is -2.19. The molecule has 3 nitrogen and oxygen atoms in total. The van der Waals surface area contributed by atoms with Gasteiger partial charge < -0.3 is 10.0 Å². The van der Waals surface area contributed by atoms with E-state index in [1.165, 1.54) is 12.1 Å². The van der Waals surface area contributed by atoms with E-state index in [1.54, 1.807) is 17.9 Å². The van der Waals surface area contributed by atoms with Gasteiger partial charge in [0.2, 0.25) is 0 Å². The molecule has 0 aromatic heterocycles. The highest BCUT2D eigenvalue weighted by atomic mass is 79.9. The number of hydrogen-bond donors (Lipinski definition) is 1. The van der Waals surface area contributed by atoms with Gasteiger partial charge in [0.15, 0.2) is 0 Å². The number of carbonyl (C=O) groups is 1. The Morgan fingerprint density at radius 1 is 1.53 bits per heavy atom. The minimum atomic E-state index is -0.833. The lowest BCUT2D eigenvalue weighted by Crippen LogP contribution is -2.33. The highest BCUT2D eigenvalue weighted by Crippen LogP contribution is 2.23. The third-order valence-corrected chi connectivity index (χ3v) is 3.31. The van der Waals surface area contributed by atoms with E-state index in [0.29, 0.717) is 29.5 Å². The number of nitrogens with zero attached hydrogens (tertiary/aromatic N) is 1. The summed E-state index contributed by atoms with van der Waals surface area (Å²) in [6, 6.07) is 4.09. The maximum absolute atomic E-state index is 13.2. The SMILES string of the molecule is CC1(O)CCN(C(=O)c2cc(F)cc(Br)c2)C1. The number of likely N-dealkylation sites (tertiary alicyclic amines) is 1. The summed E-state index contributed by atoms with van der Waals surface area (Å²) in [6.07, 6.45) is 0.551. The third kappa shape index (κ3) is 2.84. The molecule has 1 fully saturated rings. The predicted molar refractivity (Wildman–Crippen MR) is 65.2 cm³/mol. The van der Waals surface area contributed by atoms with Gasteiger partial charge >= 0.3 is 0 Å². The number of aliphatic hydroxyl groups is 1. The van der Waals surface area contributed by atoms with Crippen LogP contribution in [0.4, 0.5) is 4.39 Å². The maximum Gasteiger partial charge on any atom is 0.254 e. The second-order valence-corrected chi connectivity index (χ2v) is 5.55. The van der Waals surface area contributed by atoms with Crippen molar-refractivity contribution >= 4 is 21.8 Å². The molecule has 92 valence electrons. The molecule has 1 unspecified atom stereocenters. The van der Waals surface area contributed by atoms with Crippen LogP contribution in [0.25, 0.3) is 0 Å². The molecule has 0 radical (unpaired) electrons. The molecule has 1 aromatic rings. The molecule has 1 amide bonds. The smallest absolute Gasteiger partial charge is 0.254 e. The molecule has 1 saturated heterocycles. The Kier molecular flexibility index (Phi) is 3.23. The molecule has 2 rings (SSSR count). The van der Waals surface area contributed by atoms with Crippen molar-refractivity contribution in [1.82, 2.24) is 4.90 Å². The van der Waals surface area contributed by atoms with E-state index in [9.17, 15) is 14.3 Å². The van der Waals surface area contributed by atoms with E-state index >= 15 is 0 Å². The molecule has 0 spiro atoms. The van der Waals surface area contributed by atoms with Gasteiger partial charge in [-0.15, -0.1) is 0 Å². The number of halogens is 2. The molecule has 5 heteroatoms. The van der Waals surface area contributed by atoms with Crippen molar-refractivity contribution in [2.75, 3.05) is 13.1 Å². The fourth-order valence-corrected chi connectivity index (χ4v) is 2.44. The molecule has 1 N–H and O–H groups in total. The molecule has 1 aromatic carbocycles. The van der Waals surface area contributed by atoms with Crippen LogP contribution < -0.4 is 0 Å². The van der Waals surface area contributed by atoms with Crippen molar-refractivity contribution in [3.05, 3.63) is 34.1 Å². The highest BCUT2D eigenvalue weighted by molar-refractivity contribution is 9.10. The van der Waals surface area contributed by atoms with Gasteiger partial charge in [-0.3, -0.25) is 4.79 Å². The third-order valence-electron chi connectivity index (χ3n) is 2.85. The monoisotopic (exact) mass is 301 g/mol. The molecular weight excluding hydrogens is 289 g/mol. The number of carbonyl (C=O) groups excluding carboxylic acids is 1. The van der Waals surface area contributed by atoms with Crippen molar-refractivity contribution in [3.63, 3.8) is 0 Å². The molecule has 0 bridgehead atoms. The first-order valence-corrected chi connectivity index (χ1v) is 6.14. The first-order chi connectivity index (χ1) is 7.87. The molecule has 0 aliphatic carbocycles. The topological polar surface area (TPSA) is 40.5 Å². The van der Waals surface area contributed by atoms with Crippen molar-refractivity contribution in [2.45, 2.75) is 18.9 Å². The summed E-state index contributed by atoms with van der Waals surface area (Å²) < 4.78 is 13.7. The van der Waals surface area contributed by atoms with Crippen molar-refractivity contribution in [2.24, 2.45) is 0 Å². The molecule has 1 aliphatic heterocycles. The molecule has 1 atom stereocenters. The Morgan fingerprint density at radius 2 is 2.24 bits per heavy atom. The first kappa shape index (κ1) is 12.5. The van der Waals surface area contributed by atoms with Crippen LogP contribution in [0.1, 0.15) is 23.7 Å². The first-order valence-electron chi connectivity index (χ1n) is 5.35. The largest absolute Gasteiger partial charge is 0.388 e. The number of hydrogen-bond acceptors (Lipinski definition) is 2. The summed E-state index contributed by atoms with van der Waals surface area (Å²) in [4.78, 5) is 13.6. The van der Waals surface area contributed by atoms with Gasteiger partial charge in [0.25, 0.3) is 5.91 Å². The average molecular weight is 302 g/mol. The lowest BCUT2D eigenvalue weighted by atomic mass is 10.1. The Morgan fingerprint density at radius 3 is 2.76 bits per heavy atom. The Balaban J connectivity index is 2.20. The van der Waals surface area contributed by atoms with Crippen LogP contribution >= 0.6 is 15.9 Å². The zero-order valence-electron chi connectivity index (χ0n) is 9.41. The van der Waals surface area contributed by atoms with Crippen LogP contribution in [0.3, 0.4) is 0 Å². The van der Waals surface area contributed by atoms with Crippen LogP contribution in [0, 0.1) is 5.82 Å².